The van der Waals surface area contributed by atoms with Crippen LogP contribution in [0.3, 0.4) is 0 Å². The first-order chi connectivity index (χ1) is 9.63. The molecule has 1 aliphatic carbocycles. The average Bonchev–Trinajstić information content (AvgIpc) is 2.48. The molecule has 1 aliphatic rings. The number of rotatable bonds is 4. The Labute approximate surface area is 125 Å². The molecule has 1 saturated carbocycles. The van der Waals surface area contributed by atoms with Crippen molar-refractivity contribution in [1.29, 1.82) is 0 Å². The molecule has 0 aromatic heterocycles. The predicted molar refractivity (Wildman–Crippen MR) is 81.1 cm³/mol. The number of carbonyl (C=O) groups excluding carboxylic acids is 1. The molecule has 2 atom stereocenters. The van der Waals surface area contributed by atoms with Gasteiger partial charge in [-0.05, 0) is 49.3 Å². The summed E-state index contributed by atoms with van der Waals surface area (Å²) in [5.41, 5.74) is 1.45. The maximum atomic E-state index is 12.2. The van der Waals surface area contributed by atoms with Gasteiger partial charge < -0.3 is 10.4 Å². The molecule has 4 heteroatoms. The van der Waals surface area contributed by atoms with E-state index in [2.05, 4.69) is 5.32 Å². The van der Waals surface area contributed by atoms with Gasteiger partial charge in [-0.3, -0.25) is 4.79 Å². The lowest BCUT2D eigenvalue weighted by molar-refractivity contribution is 0.0908. The van der Waals surface area contributed by atoms with Crippen molar-refractivity contribution in [2.45, 2.75) is 32.6 Å². The molecular weight excluding hydrogens is 274 g/mol. The number of amides is 1. The molecule has 1 aromatic carbocycles. The Morgan fingerprint density at radius 1 is 1.35 bits per heavy atom. The van der Waals surface area contributed by atoms with Crippen LogP contribution in [0.25, 0.3) is 0 Å². The summed E-state index contributed by atoms with van der Waals surface area (Å²) < 4.78 is 0. The van der Waals surface area contributed by atoms with E-state index in [1.54, 1.807) is 18.2 Å². The zero-order valence-electron chi connectivity index (χ0n) is 11.9. The molecule has 1 amide bonds. The first-order valence-electron chi connectivity index (χ1n) is 7.27. The molecule has 0 aliphatic heterocycles. The van der Waals surface area contributed by atoms with Crippen LogP contribution in [0.4, 0.5) is 0 Å². The monoisotopic (exact) mass is 295 g/mol. The SMILES string of the molecule is Cc1c(Cl)cccc1C(=O)NCC1CCCCC1CO. The molecule has 1 fully saturated rings. The number of halogens is 1. The molecule has 2 N–H and O–H groups in total. The second-order valence-corrected chi connectivity index (χ2v) is 6.02. The molecule has 2 rings (SSSR count). The number of nitrogens with one attached hydrogen (secondary N) is 1. The Kier molecular flexibility index (Phi) is 5.44. The highest BCUT2D eigenvalue weighted by Gasteiger charge is 2.25. The summed E-state index contributed by atoms with van der Waals surface area (Å²) in [4.78, 5) is 12.2. The minimum Gasteiger partial charge on any atom is -0.396 e. The molecule has 0 spiro atoms. The smallest absolute Gasteiger partial charge is 0.251 e. The summed E-state index contributed by atoms with van der Waals surface area (Å²) in [6.07, 6.45) is 4.52. The second kappa shape index (κ2) is 7.09. The van der Waals surface area contributed by atoms with Crippen LogP contribution in [0.2, 0.25) is 5.02 Å². The molecule has 0 radical (unpaired) electrons. The van der Waals surface area contributed by atoms with Crippen LogP contribution >= 0.6 is 11.6 Å². The molecular formula is C16H22ClNO2. The van der Waals surface area contributed by atoms with Crippen LogP contribution in [0.15, 0.2) is 18.2 Å². The molecule has 0 bridgehead atoms. The van der Waals surface area contributed by atoms with Gasteiger partial charge in [0, 0.05) is 23.7 Å². The van der Waals surface area contributed by atoms with Crippen LogP contribution < -0.4 is 5.32 Å². The first-order valence-corrected chi connectivity index (χ1v) is 7.65. The highest BCUT2D eigenvalue weighted by atomic mass is 35.5. The number of benzene rings is 1. The summed E-state index contributed by atoms with van der Waals surface area (Å²) in [5.74, 6) is 0.633. The van der Waals surface area contributed by atoms with Gasteiger partial charge in [0.1, 0.15) is 0 Å². The lowest BCUT2D eigenvalue weighted by atomic mass is 9.79. The van der Waals surface area contributed by atoms with Crippen molar-refractivity contribution in [3.05, 3.63) is 34.3 Å². The van der Waals surface area contributed by atoms with Crippen LogP contribution in [0.5, 0.6) is 0 Å². The normalized spacial score (nSPS) is 22.6. The molecule has 1 aromatic rings. The third kappa shape index (κ3) is 3.53. The van der Waals surface area contributed by atoms with Gasteiger partial charge in [0.2, 0.25) is 0 Å². The lowest BCUT2D eigenvalue weighted by Gasteiger charge is -2.30. The molecule has 2 unspecified atom stereocenters. The fraction of sp³-hybridized carbons (Fsp3) is 0.562. The van der Waals surface area contributed by atoms with Gasteiger partial charge in [-0.15, -0.1) is 0 Å². The van der Waals surface area contributed by atoms with Gasteiger partial charge in [0.15, 0.2) is 0 Å². The maximum Gasteiger partial charge on any atom is 0.251 e. The number of hydrogen-bond donors (Lipinski definition) is 2. The largest absolute Gasteiger partial charge is 0.396 e. The van der Waals surface area contributed by atoms with Crippen molar-refractivity contribution in [2.75, 3.05) is 13.2 Å². The highest BCUT2D eigenvalue weighted by Crippen LogP contribution is 2.29. The van der Waals surface area contributed by atoms with Crippen LogP contribution in [-0.2, 0) is 0 Å². The fourth-order valence-corrected chi connectivity index (χ4v) is 3.14. The predicted octanol–water partition coefficient (Wildman–Crippen LogP) is 3.18. The number of aliphatic hydroxyl groups excluding tert-OH is 1. The summed E-state index contributed by atoms with van der Waals surface area (Å²) >= 11 is 6.04. The number of carbonyl (C=O) groups is 1. The zero-order valence-corrected chi connectivity index (χ0v) is 12.6. The molecule has 0 heterocycles. The molecule has 20 heavy (non-hydrogen) atoms. The van der Waals surface area contributed by atoms with E-state index in [-0.39, 0.29) is 12.5 Å². The van der Waals surface area contributed by atoms with Crippen molar-refractivity contribution >= 4 is 17.5 Å². The van der Waals surface area contributed by atoms with Gasteiger partial charge in [-0.1, -0.05) is 30.5 Å². The summed E-state index contributed by atoms with van der Waals surface area (Å²) in [6, 6.07) is 5.37. The number of hydrogen-bond acceptors (Lipinski definition) is 2. The average molecular weight is 296 g/mol. The summed E-state index contributed by atoms with van der Waals surface area (Å²) in [5, 5.41) is 13.0. The van der Waals surface area contributed by atoms with E-state index >= 15 is 0 Å². The van der Waals surface area contributed by atoms with Gasteiger partial charge in [0.05, 0.1) is 0 Å². The molecule has 0 saturated heterocycles. The highest BCUT2D eigenvalue weighted by molar-refractivity contribution is 6.31. The van der Waals surface area contributed by atoms with Gasteiger partial charge >= 0.3 is 0 Å². The van der Waals surface area contributed by atoms with Crippen molar-refractivity contribution in [1.82, 2.24) is 5.32 Å². The maximum absolute atomic E-state index is 12.2. The van der Waals surface area contributed by atoms with E-state index in [1.165, 1.54) is 12.8 Å². The van der Waals surface area contributed by atoms with E-state index in [0.29, 0.717) is 29.0 Å². The van der Waals surface area contributed by atoms with Crippen molar-refractivity contribution in [2.24, 2.45) is 11.8 Å². The van der Waals surface area contributed by atoms with Crippen LogP contribution in [0, 0.1) is 18.8 Å². The van der Waals surface area contributed by atoms with Crippen molar-refractivity contribution in [3.8, 4) is 0 Å². The Morgan fingerprint density at radius 2 is 2.05 bits per heavy atom. The van der Waals surface area contributed by atoms with Gasteiger partial charge in [-0.2, -0.15) is 0 Å². The van der Waals surface area contributed by atoms with E-state index < -0.39 is 0 Å². The number of aliphatic hydroxyl groups is 1. The Morgan fingerprint density at radius 3 is 2.75 bits per heavy atom. The van der Waals surface area contributed by atoms with E-state index in [9.17, 15) is 9.90 Å². The van der Waals surface area contributed by atoms with Crippen molar-refractivity contribution in [3.63, 3.8) is 0 Å². The third-order valence-electron chi connectivity index (χ3n) is 4.34. The quantitative estimate of drug-likeness (QED) is 0.896. The summed E-state index contributed by atoms with van der Waals surface area (Å²) in [7, 11) is 0. The van der Waals surface area contributed by atoms with E-state index in [0.717, 1.165) is 18.4 Å². The van der Waals surface area contributed by atoms with Crippen LogP contribution in [0.1, 0.15) is 41.6 Å². The minimum absolute atomic E-state index is 0.0766. The Hall–Kier alpha value is -1.06. The topological polar surface area (TPSA) is 49.3 Å². The lowest BCUT2D eigenvalue weighted by Crippen LogP contribution is -2.35. The fourth-order valence-electron chi connectivity index (χ4n) is 2.97. The van der Waals surface area contributed by atoms with Gasteiger partial charge in [-0.25, -0.2) is 0 Å². The Bertz CT molecular complexity index is 476. The molecule has 110 valence electrons. The molecule has 3 nitrogen and oxygen atoms in total. The summed E-state index contributed by atoms with van der Waals surface area (Å²) in [6.45, 7) is 2.71. The zero-order chi connectivity index (χ0) is 14.5. The van der Waals surface area contributed by atoms with Crippen molar-refractivity contribution < 1.29 is 9.90 Å². The third-order valence-corrected chi connectivity index (χ3v) is 4.75. The minimum atomic E-state index is -0.0766. The second-order valence-electron chi connectivity index (χ2n) is 5.61. The Balaban J connectivity index is 1.96. The first kappa shape index (κ1) is 15.3. The van der Waals surface area contributed by atoms with E-state index in [4.69, 9.17) is 11.6 Å². The van der Waals surface area contributed by atoms with Crippen LogP contribution in [-0.4, -0.2) is 24.2 Å². The van der Waals surface area contributed by atoms with Gasteiger partial charge in [0.25, 0.3) is 5.91 Å². The standard InChI is InChI=1S/C16H22ClNO2/c1-11-14(7-4-8-15(11)17)16(20)18-9-12-5-2-3-6-13(12)10-19/h4,7-8,12-13,19H,2-3,5-6,9-10H2,1H3,(H,18,20). The van der Waals surface area contributed by atoms with E-state index in [1.807, 2.05) is 6.92 Å².